The molecule has 0 radical (unpaired) electrons. The zero-order chi connectivity index (χ0) is 35.4. The van der Waals surface area contributed by atoms with Gasteiger partial charge in [-0.1, -0.05) is 62.9 Å². The fourth-order valence-corrected chi connectivity index (χ4v) is 8.95. The number of fused-ring (bicyclic) bond motifs is 1. The normalized spacial score (nSPS) is 36.5. The van der Waals surface area contributed by atoms with Crippen molar-refractivity contribution in [3.8, 4) is 5.75 Å². The van der Waals surface area contributed by atoms with Crippen LogP contribution < -0.4 is 4.74 Å². The number of hydrogen-bond donors (Lipinski definition) is 1. The molecule has 280 valence electrons. The summed E-state index contributed by atoms with van der Waals surface area (Å²) >= 11 is 0. The van der Waals surface area contributed by atoms with Crippen molar-refractivity contribution in [3.05, 3.63) is 77.9 Å². The fourth-order valence-electron chi connectivity index (χ4n) is 8.95. The van der Waals surface area contributed by atoms with E-state index in [9.17, 15) is 5.11 Å². The molecule has 0 amide bonds. The van der Waals surface area contributed by atoms with Crippen molar-refractivity contribution < 1.29 is 43.0 Å². The van der Waals surface area contributed by atoms with Crippen LogP contribution >= 0.6 is 0 Å². The number of aliphatic hydroxyl groups is 1. The minimum absolute atomic E-state index is 0.00625. The lowest BCUT2D eigenvalue weighted by Crippen LogP contribution is -2.60. The molecule has 11 atom stereocenters. The highest BCUT2D eigenvalue weighted by atomic mass is 16.7. The van der Waals surface area contributed by atoms with Crippen molar-refractivity contribution in [2.24, 2.45) is 11.8 Å². The molecule has 0 unspecified atom stereocenters. The van der Waals surface area contributed by atoms with E-state index >= 15 is 0 Å². The van der Waals surface area contributed by atoms with E-state index in [1.54, 1.807) is 7.11 Å². The summed E-state index contributed by atoms with van der Waals surface area (Å²) in [6.45, 7) is 11.1. The van der Waals surface area contributed by atoms with Crippen molar-refractivity contribution in [2.75, 3.05) is 20.3 Å². The van der Waals surface area contributed by atoms with Gasteiger partial charge < -0.3 is 43.0 Å². The van der Waals surface area contributed by atoms with Gasteiger partial charge in [0.1, 0.15) is 24.1 Å². The van der Waals surface area contributed by atoms with E-state index in [-0.39, 0.29) is 24.2 Å². The standard InChI is InChI=1S/C42H58O9/c1-28-16-20-41(19-8-9-23-47-41)50-37(28)29(2)24-35(43)38-30(3)39(46-26-31-10-6-5-7-11-31)40-36(48-38)18-22-42(51-40)21-17-34(49-42)27-45-25-32-12-14-33(44-4)15-13-32/h5-7,10-15,28-29,34-40,43H,3,8-9,16-27H2,1-2,4H3/t28-,29+,34-,35+,36-,37+,38+,39-,40-,41+,42-/m1/s1. The summed E-state index contributed by atoms with van der Waals surface area (Å²) < 4.78 is 51.2. The fraction of sp³-hybridized carbons (Fsp3) is 0.667. The van der Waals surface area contributed by atoms with Crippen LogP contribution in [0.25, 0.3) is 0 Å². The van der Waals surface area contributed by atoms with E-state index in [1.807, 2.05) is 42.5 Å². The highest BCUT2D eigenvalue weighted by Gasteiger charge is 2.55. The molecule has 5 heterocycles. The lowest BCUT2D eigenvalue weighted by molar-refractivity contribution is -0.327. The molecule has 9 nitrogen and oxygen atoms in total. The Kier molecular flexibility index (Phi) is 11.9. The second-order valence-electron chi connectivity index (χ2n) is 15.7. The first-order chi connectivity index (χ1) is 24.8. The zero-order valence-electron chi connectivity index (χ0n) is 30.7. The van der Waals surface area contributed by atoms with Crippen LogP contribution in [0.3, 0.4) is 0 Å². The van der Waals surface area contributed by atoms with Crippen LogP contribution in [0.1, 0.15) is 89.2 Å². The minimum atomic E-state index is -0.761. The molecule has 5 saturated heterocycles. The third-order valence-electron chi connectivity index (χ3n) is 11.8. The molecule has 2 aromatic rings. The minimum Gasteiger partial charge on any atom is -0.497 e. The molecule has 2 spiro atoms. The van der Waals surface area contributed by atoms with Crippen molar-refractivity contribution in [2.45, 2.75) is 146 Å². The molecular formula is C42H58O9. The molecule has 2 aromatic carbocycles. The molecule has 0 bridgehead atoms. The summed E-state index contributed by atoms with van der Waals surface area (Å²) in [7, 11) is 1.67. The molecule has 0 saturated carbocycles. The molecule has 5 aliphatic rings. The third kappa shape index (κ3) is 8.57. The summed E-state index contributed by atoms with van der Waals surface area (Å²) in [5.41, 5.74) is 2.87. The number of ether oxygens (including phenoxy) is 8. The lowest BCUT2D eigenvalue weighted by atomic mass is 9.79. The second kappa shape index (κ2) is 16.4. The molecule has 5 aliphatic heterocycles. The summed E-state index contributed by atoms with van der Waals surface area (Å²) in [4.78, 5) is 0. The summed E-state index contributed by atoms with van der Waals surface area (Å²) in [5, 5.41) is 11.8. The lowest BCUT2D eigenvalue weighted by Gasteiger charge is -2.51. The van der Waals surface area contributed by atoms with Gasteiger partial charge in [-0.25, -0.2) is 0 Å². The Hall–Kier alpha value is -2.34. The summed E-state index contributed by atoms with van der Waals surface area (Å²) in [6.07, 6.45) is 6.26. The number of aliphatic hydroxyl groups excluding tert-OH is 1. The van der Waals surface area contributed by atoms with Gasteiger partial charge in [-0.2, -0.15) is 0 Å². The largest absolute Gasteiger partial charge is 0.497 e. The van der Waals surface area contributed by atoms with Crippen LogP contribution in [-0.4, -0.2) is 79.7 Å². The van der Waals surface area contributed by atoms with Crippen LogP contribution in [0.2, 0.25) is 0 Å². The first kappa shape index (κ1) is 37.0. The third-order valence-corrected chi connectivity index (χ3v) is 11.8. The van der Waals surface area contributed by atoms with E-state index in [0.29, 0.717) is 44.2 Å². The number of benzene rings is 2. The Morgan fingerprint density at radius 1 is 0.882 bits per heavy atom. The van der Waals surface area contributed by atoms with Crippen molar-refractivity contribution >= 4 is 0 Å². The van der Waals surface area contributed by atoms with Crippen LogP contribution in [0.5, 0.6) is 5.75 Å². The molecule has 5 fully saturated rings. The van der Waals surface area contributed by atoms with Gasteiger partial charge in [0.25, 0.3) is 0 Å². The van der Waals surface area contributed by atoms with Gasteiger partial charge in [-0.15, -0.1) is 0 Å². The van der Waals surface area contributed by atoms with Crippen LogP contribution in [0.15, 0.2) is 66.7 Å². The number of rotatable bonds is 12. The maximum atomic E-state index is 11.8. The predicted octanol–water partition coefficient (Wildman–Crippen LogP) is 7.27. The summed E-state index contributed by atoms with van der Waals surface area (Å²) in [6, 6.07) is 18.1. The Balaban J connectivity index is 0.996. The van der Waals surface area contributed by atoms with Gasteiger partial charge in [0.15, 0.2) is 11.6 Å². The highest BCUT2D eigenvalue weighted by Crippen LogP contribution is 2.47. The van der Waals surface area contributed by atoms with Crippen molar-refractivity contribution in [1.82, 2.24) is 0 Å². The first-order valence-corrected chi connectivity index (χ1v) is 19.3. The quantitative estimate of drug-likeness (QED) is 0.229. The van der Waals surface area contributed by atoms with Gasteiger partial charge in [-0.3, -0.25) is 0 Å². The zero-order valence-corrected chi connectivity index (χ0v) is 30.7. The molecule has 51 heavy (non-hydrogen) atoms. The Morgan fingerprint density at radius 2 is 1.65 bits per heavy atom. The maximum absolute atomic E-state index is 11.8. The number of hydrogen-bond acceptors (Lipinski definition) is 9. The molecule has 7 rings (SSSR count). The Morgan fingerprint density at radius 3 is 2.41 bits per heavy atom. The van der Waals surface area contributed by atoms with Crippen LogP contribution in [0.4, 0.5) is 0 Å². The predicted molar refractivity (Wildman–Crippen MR) is 192 cm³/mol. The van der Waals surface area contributed by atoms with E-state index in [2.05, 4.69) is 32.6 Å². The first-order valence-electron chi connectivity index (χ1n) is 19.3. The van der Waals surface area contributed by atoms with Gasteiger partial charge in [0.05, 0.1) is 58.0 Å². The van der Waals surface area contributed by atoms with Gasteiger partial charge >= 0.3 is 0 Å². The molecule has 0 aromatic heterocycles. The SMILES string of the molecule is C=C1[C@@H](OCc2ccccc2)[C@@H]2O[C@]3(CC[C@H](COCc4ccc(OC)cc4)O3)CC[C@H]2O[C@@H]1[C@@H](O)C[C@H](C)[C@H]1O[C@@]2(CCCCO2)CC[C@H]1C. The topological polar surface area (TPSA) is 94.1 Å². The van der Waals surface area contributed by atoms with E-state index < -0.39 is 36.0 Å². The van der Waals surface area contributed by atoms with Crippen molar-refractivity contribution in [1.29, 1.82) is 0 Å². The van der Waals surface area contributed by atoms with Crippen LogP contribution in [-0.2, 0) is 46.4 Å². The molecular weight excluding hydrogens is 648 g/mol. The van der Waals surface area contributed by atoms with Gasteiger partial charge in [0, 0.05) is 25.7 Å². The Bertz CT molecular complexity index is 1410. The highest BCUT2D eigenvalue weighted by molar-refractivity contribution is 5.26. The summed E-state index contributed by atoms with van der Waals surface area (Å²) in [5.74, 6) is 0.129. The van der Waals surface area contributed by atoms with Crippen LogP contribution in [0, 0.1) is 11.8 Å². The van der Waals surface area contributed by atoms with E-state index in [4.69, 9.17) is 37.9 Å². The second-order valence-corrected chi connectivity index (χ2v) is 15.7. The number of methoxy groups -OCH3 is 1. The van der Waals surface area contributed by atoms with E-state index in [0.717, 1.165) is 74.8 Å². The Labute approximate surface area is 303 Å². The average Bonchev–Trinajstić information content (AvgIpc) is 3.54. The molecule has 9 heteroatoms. The van der Waals surface area contributed by atoms with Gasteiger partial charge in [0.2, 0.25) is 0 Å². The average molecular weight is 707 g/mol. The maximum Gasteiger partial charge on any atom is 0.169 e. The molecule has 1 N–H and O–H groups in total. The van der Waals surface area contributed by atoms with E-state index in [1.165, 1.54) is 0 Å². The van der Waals surface area contributed by atoms with Crippen molar-refractivity contribution in [3.63, 3.8) is 0 Å². The van der Waals surface area contributed by atoms with Gasteiger partial charge in [-0.05, 0) is 79.2 Å². The smallest absolute Gasteiger partial charge is 0.169 e. The monoisotopic (exact) mass is 706 g/mol. The molecule has 0 aliphatic carbocycles.